The van der Waals surface area contributed by atoms with Gasteiger partial charge in [-0.25, -0.2) is 0 Å². The molecule has 0 bridgehead atoms. The van der Waals surface area contributed by atoms with Crippen molar-refractivity contribution in [3.8, 4) is 0 Å². The summed E-state index contributed by atoms with van der Waals surface area (Å²) in [5.74, 6) is -2.50. The van der Waals surface area contributed by atoms with Crippen molar-refractivity contribution in [2.24, 2.45) is 0 Å². The molecule has 1 aliphatic carbocycles. The normalized spacial score (nSPS) is 16.3. The Labute approximate surface area is 158 Å². The molecule has 0 spiro atoms. The Hall–Kier alpha value is -2.29. The van der Waals surface area contributed by atoms with Gasteiger partial charge in [0, 0.05) is 10.9 Å². The maximum absolute atomic E-state index is 13.2. The minimum Gasteiger partial charge on any atom is -0.467 e. The monoisotopic (exact) mass is 400 g/mol. The second-order valence-electron chi connectivity index (χ2n) is 6.42. The summed E-state index contributed by atoms with van der Waals surface area (Å²) < 4.78 is 44.9. The highest BCUT2D eigenvalue weighted by atomic mass is 32.1. The Morgan fingerprint density at radius 3 is 2.56 bits per heavy atom. The highest BCUT2D eigenvalue weighted by Gasteiger charge is 2.47. The summed E-state index contributed by atoms with van der Waals surface area (Å²) >= 11 is 1.13. The summed E-state index contributed by atoms with van der Waals surface area (Å²) in [6, 6.07) is 4.74. The van der Waals surface area contributed by atoms with Gasteiger partial charge in [-0.05, 0) is 36.4 Å². The lowest BCUT2D eigenvalue weighted by Gasteiger charge is -2.31. The number of carbonyl (C=O) groups is 2. The number of alkyl halides is 3. The lowest BCUT2D eigenvalue weighted by atomic mass is 10.1. The van der Waals surface area contributed by atoms with Gasteiger partial charge in [0.05, 0.1) is 12.8 Å². The molecular weight excluding hydrogens is 381 g/mol. The van der Waals surface area contributed by atoms with Gasteiger partial charge in [-0.15, -0.1) is 11.3 Å². The zero-order valence-electron chi connectivity index (χ0n) is 14.4. The van der Waals surface area contributed by atoms with Crippen LogP contribution in [-0.4, -0.2) is 28.9 Å². The maximum Gasteiger partial charge on any atom is 0.471 e. The molecule has 1 fully saturated rings. The second-order valence-corrected chi connectivity index (χ2v) is 7.40. The van der Waals surface area contributed by atoms with Gasteiger partial charge in [-0.3, -0.25) is 9.59 Å². The number of amides is 2. The Bertz CT molecular complexity index is 753. The SMILES string of the molecule is O=C(NC1CCCC1)[C@@H](c1cccs1)N(Cc1ccco1)C(=O)C(F)(F)F. The second kappa shape index (κ2) is 8.16. The van der Waals surface area contributed by atoms with E-state index in [1.54, 1.807) is 17.5 Å². The number of nitrogens with one attached hydrogen (secondary N) is 1. The fourth-order valence-electron chi connectivity index (χ4n) is 3.24. The van der Waals surface area contributed by atoms with Crippen LogP contribution in [-0.2, 0) is 16.1 Å². The Kier molecular flexibility index (Phi) is 5.88. The van der Waals surface area contributed by atoms with Gasteiger partial charge in [0.1, 0.15) is 11.8 Å². The quantitative estimate of drug-likeness (QED) is 0.796. The highest BCUT2D eigenvalue weighted by molar-refractivity contribution is 7.10. The molecule has 0 radical (unpaired) electrons. The summed E-state index contributed by atoms with van der Waals surface area (Å²) in [5, 5.41) is 4.47. The third-order valence-electron chi connectivity index (χ3n) is 4.48. The molecule has 27 heavy (non-hydrogen) atoms. The van der Waals surface area contributed by atoms with Crippen LogP contribution in [0.15, 0.2) is 40.3 Å². The molecule has 0 saturated heterocycles. The van der Waals surface area contributed by atoms with Crippen LogP contribution in [0.1, 0.15) is 42.4 Å². The van der Waals surface area contributed by atoms with Gasteiger partial charge in [0.25, 0.3) is 0 Å². The van der Waals surface area contributed by atoms with Crippen molar-refractivity contribution in [2.75, 3.05) is 0 Å². The molecule has 2 heterocycles. The number of carbonyl (C=O) groups excluding carboxylic acids is 2. The lowest BCUT2D eigenvalue weighted by molar-refractivity contribution is -0.189. The number of rotatable bonds is 6. The molecule has 5 nitrogen and oxygen atoms in total. The lowest BCUT2D eigenvalue weighted by Crippen LogP contribution is -2.49. The summed E-state index contributed by atoms with van der Waals surface area (Å²) in [6.07, 6.45) is -0.291. The minimum atomic E-state index is -5.10. The number of furan rings is 1. The van der Waals surface area contributed by atoms with E-state index < -0.39 is 30.6 Å². The molecule has 3 rings (SSSR count). The van der Waals surface area contributed by atoms with Crippen LogP contribution in [0.25, 0.3) is 0 Å². The number of halogens is 3. The van der Waals surface area contributed by atoms with Crippen molar-refractivity contribution in [3.05, 3.63) is 46.5 Å². The standard InChI is InChI=1S/C18H19F3N2O3S/c19-18(20,21)17(25)23(11-13-7-3-9-26-13)15(14-8-4-10-27-14)16(24)22-12-5-1-2-6-12/h3-4,7-10,12,15H,1-2,5-6,11H2,(H,22,24)/t15-/m1/s1. The predicted molar refractivity (Wildman–Crippen MR) is 92.8 cm³/mol. The van der Waals surface area contributed by atoms with Gasteiger partial charge in [0.15, 0.2) is 0 Å². The first-order chi connectivity index (χ1) is 12.9. The molecule has 2 amide bonds. The predicted octanol–water partition coefficient (Wildman–Crippen LogP) is 4.03. The molecule has 0 aliphatic heterocycles. The van der Waals surface area contributed by atoms with Crippen LogP contribution < -0.4 is 5.32 Å². The molecule has 1 saturated carbocycles. The molecule has 1 N–H and O–H groups in total. The fraction of sp³-hybridized carbons (Fsp3) is 0.444. The van der Waals surface area contributed by atoms with E-state index in [-0.39, 0.29) is 11.8 Å². The van der Waals surface area contributed by atoms with Crippen molar-refractivity contribution < 1.29 is 27.2 Å². The van der Waals surface area contributed by atoms with Crippen molar-refractivity contribution in [1.82, 2.24) is 10.2 Å². The first-order valence-corrected chi connectivity index (χ1v) is 9.48. The molecule has 2 aromatic rings. The van der Waals surface area contributed by atoms with Crippen molar-refractivity contribution >= 4 is 23.2 Å². The van der Waals surface area contributed by atoms with Crippen LogP contribution in [0.3, 0.4) is 0 Å². The largest absolute Gasteiger partial charge is 0.471 e. The van der Waals surface area contributed by atoms with E-state index in [0.717, 1.165) is 37.0 Å². The average molecular weight is 400 g/mol. The smallest absolute Gasteiger partial charge is 0.467 e. The first-order valence-electron chi connectivity index (χ1n) is 8.60. The van der Waals surface area contributed by atoms with Crippen LogP contribution in [0.4, 0.5) is 13.2 Å². The van der Waals surface area contributed by atoms with Gasteiger partial charge in [0.2, 0.25) is 5.91 Å². The van der Waals surface area contributed by atoms with E-state index in [9.17, 15) is 22.8 Å². The minimum absolute atomic E-state index is 0.0774. The van der Waals surface area contributed by atoms with Crippen molar-refractivity contribution in [1.29, 1.82) is 0 Å². The topological polar surface area (TPSA) is 62.6 Å². The number of hydrogen-bond donors (Lipinski definition) is 1. The Morgan fingerprint density at radius 1 is 1.26 bits per heavy atom. The average Bonchev–Trinajstić information content (AvgIpc) is 3.36. The van der Waals surface area contributed by atoms with Crippen molar-refractivity contribution in [2.45, 2.75) is 50.5 Å². The summed E-state index contributed by atoms with van der Waals surface area (Å²) in [4.78, 5) is 26.0. The molecule has 0 aromatic carbocycles. The molecule has 0 unspecified atom stereocenters. The van der Waals surface area contributed by atoms with E-state index in [1.807, 2.05) is 0 Å². The third-order valence-corrected chi connectivity index (χ3v) is 5.41. The van der Waals surface area contributed by atoms with E-state index in [0.29, 0.717) is 9.78 Å². The Morgan fingerprint density at radius 2 is 2.00 bits per heavy atom. The van der Waals surface area contributed by atoms with Crippen LogP contribution in [0, 0.1) is 0 Å². The Balaban J connectivity index is 1.93. The molecular formula is C18H19F3N2O3S. The molecule has 1 aliphatic rings. The molecule has 2 aromatic heterocycles. The fourth-order valence-corrected chi connectivity index (χ4v) is 4.07. The van der Waals surface area contributed by atoms with Gasteiger partial charge in [-0.1, -0.05) is 18.9 Å². The summed E-state index contributed by atoms with van der Waals surface area (Å²) in [7, 11) is 0. The zero-order chi connectivity index (χ0) is 19.4. The first kappa shape index (κ1) is 19.5. The summed E-state index contributed by atoms with van der Waals surface area (Å²) in [5.41, 5.74) is 0. The van der Waals surface area contributed by atoms with Crippen LogP contribution in [0.2, 0.25) is 0 Å². The number of thiophene rings is 1. The van der Waals surface area contributed by atoms with E-state index >= 15 is 0 Å². The number of nitrogens with zero attached hydrogens (tertiary/aromatic N) is 1. The van der Waals surface area contributed by atoms with Gasteiger partial charge in [-0.2, -0.15) is 13.2 Å². The molecule has 9 heteroatoms. The van der Waals surface area contributed by atoms with E-state index in [1.165, 1.54) is 18.4 Å². The third kappa shape index (κ3) is 4.71. The van der Waals surface area contributed by atoms with E-state index in [4.69, 9.17) is 4.42 Å². The highest BCUT2D eigenvalue weighted by Crippen LogP contribution is 2.32. The van der Waals surface area contributed by atoms with Gasteiger partial charge >= 0.3 is 12.1 Å². The van der Waals surface area contributed by atoms with Crippen LogP contribution in [0.5, 0.6) is 0 Å². The molecule has 1 atom stereocenters. The van der Waals surface area contributed by atoms with Gasteiger partial charge < -0.3 is 14.6 Å². The summed E-state index contributed by atoms with van der Waals surface area (Å²) in [6.45, 7) is -0.452. The van der Waals surface area contributed by atoms with E-state index in [2.05, 4.69) is 5.32 Å². The zero-order valence-corrected chi connectivity index (χ0v) is 15.2. The van der Waals surface area contributed by atoms with Crippen LogP contribution >= 0.6 is 11.3 Å². The maximum atomic E-state index is 13.2. The van der Waals surface area contributed by atoms with Crippen molar-refractivity contribution in [3.63, 3.8) is 0 Å². The number of hydrogen-bond acceptors (Lipinski definition) is 4. The molecule has 146 valence electrons.